The lowest BCUT2D eigenvalue weighted by atomic mass is 9.75. The highest BCUT2D eigenvalue weighted by molar-refractivity contribution is 5.95. The quantitative estimate of drug-likeness (QED) is 0.0730. The predicted octanol–water partition coefficient (Wildman–Crippen LogP) is 6.14. The van der Waals surface area contributed by atoms with E-state index in [4.69, 9.17) is 15.2 Å². The molecular weight excluding hydrogens is 506 g/mol. The number of carbonyl (C=O) groups is 1. The van der Waals surface area contributed by atoms with E-state index in [2.05, 4.69) is 23.3 Å². The smallest absolute Gasteiger partial charge is 0.192 e. The highest BCUT2D eigenvalue weighted by atomic mass is 16.5. The monoisotopic (exact) mass is 551 g/mol. The second-order valence-corrected chi connectivity index (χ2v) is 10.8. The zero-order valence-electron chi connectivity index (χ0n) is 24.3. The van der Waals surface area contributed by atoms with Gasteiger partial charge >= 0.3 is 0 Å². The Bertz CT molecular complexity index is 1200. The Kier molecular flexibility index (Phi) is 11.3. The van der Waals surface area contributed by atoms with Crippen LogP contribution >= 0.6 is 0 Å². The van der Waals surface area contributed by atoms with Gasteiger partial charge in [0.2, 0.25) is 0 Å². The van der Waals surface area contributed by atoms with Gasteiger partial charge in [0.25, 0.3) is 0 Å². The Labute approximate surface area is 238 Å². The second kappa shape index (κ2) is 14.6. The predicted molar refractivity (Wildman–Crippen MR) is 161 cm³/mol. The van der Waals surface area contributed by atoms with Crippen molar-refractivity contribution in [3.05, 3.63) is 53.6 Å². The maximum Gasteiger partial charge on any atom is 0.192 e. The maximum absolute atomic E-state index is 13.8. The van der Waals surface area contributed by atoms with E-state index < -0.39 is 5.41 Å². The minimum absolute atomic E-state index is 0.0276. The summed E-state index contributed by atoms with van der Waals surface area (Å²) in [5.41, 5.74) is 7.79. The lowest BCUT2D eigenvalue weighted by molar-refractivity contribution is -0.123. The largest absolute Gasteiger partial charge is 0.504 e. The van der Waals surface area contributed by atoms with E-state index in [0.717, 1.165) is 62.5 Å². The summed E-state index contributed by atoms with van der Waals surface area (Å²) in [6, 6.07) is 9.03. The van der Waals surface area contributed by atoms with Crippen LogP contribution in [-0.4, -0.2) is 43.2 Å². The van der Waals surface area contributed by atoms with Crippen molar-refractivity contribution >= 4 is 17.4 Å². The van der Waals surface area contributed by atoms with Gasteiger partial charge in [-0.3, -0.25) is 9.79 Å². The third-order valence-corrected chi connectivity index (χ3v) is 7.92. The van der Waals surface area contributed by atoms with Crippen molar-refractivity contribution in [2.75, 3.05) is 26.6 Å². The number of anilines is 1. The highest BCUT2D eigenvalue weighted by Crippen LogP contribution is 2.43. The molecule has 1 saturated carbocycles. The minimum Gasteiger partial charge on any atom is -0.504 e. The zero-order valence-corrected chi connectivity index (χ0v) is 24.3. The van der Waals surface area contributed by atoms with Gasteiger partial charge in [-0.15, -0.1) is 0 Å². The molecule has 1 aliphatic carbocycles. The van der Waals surface area contributed by atoms with E-state index in [0.29, 0.717) is 30.0 Å². The second-order valence-electron chi connectivity index (χ2n) is 10.8. The Hall–Kier alpha value is -3.68. The number of nitrogens with one attached hydrogen (secondary N) is 1. The molecule has 3 rings (SSSR count). The molecule has 8 nitrogen and oxygen atoms in total. The topological polar surface area (TPSA) is 126 Å². The van der Waals surface area contributed by atoms with E-state index in [1.54, 1.807) is 19.2 Å². The fraction of sp³-hybridized carbons (Fsp3) is 0.500. The molecule has 0 aromatic heterocycles. The average Bonchev–Trinajstić information content (AvgIpc) is 3.43. The number of phenolic OH excluding ortho intramolecular Hbond substituents is 2. The first-order valence-electron chi connectivity index (χ1n) is 14.2. The van der Waals surface area contributed by atoms with Crippen LogP contribution < -0.4 is 20.5 Å². The number of methoxy groups -OCH3 is 2. The number of hydrogen-bond acceptors (Lipinski definition) is 6. The Balaban J connectivity index is 1.85. The first-order valence-corrected chi connectivity index (χ1v) is 14.2. The molecule has 1 atom stereocenters. The van der Waals surface area contributed by atoms with Gasteiger partial charge in [-0.05, 0) is 79.5 Å². The summed E-state index contributed by atoms with van der Waals surface area (Å²) in [5.74, 6) is 1.34. The van der Waals surface area contributed by atoms with Crippen LogP contribution in [0.15, 0.2) is 47.5 Å². The van der Waals surface area contributed by atoms with Crippen molar-refractivity contribution in [1.82, 2.24) is 0 Å². The van der Waals surface area contributed by atoms with E-state index in [-0.39, 0.29) is 29.2 Å². The van der Waals surface area contributed by atoms with Gasteiger partial charge in [0.15, 0.2) is 34.7 Å². The van der Waals surface area contributed by atoms with Crippen molar-refractivity contribution < 1.29 is 24.5 Å². The number of rotatable bonds is 14. The molecule has 0 bridgehead atoms. The number of aliphatic imine (C=N–C) groups is 1. The number of carbonyl (C=O) groups excluding carboxylic acids is 1. The van der Waals surface area contributed by atoms with Crippen molar-refractivity contribution in [3.63, 3.8) is 0 Å². The fourth-order valence-electron chi connectivity index (χ4n) is 5.64. The normalized spacial score (nSPS) is 15.8. The number of guanidine groups is 1. The molecule has 8 heteroatoms. The SMILES string of the molecule is CCCCCC(C=CC(=O)C1(Cc2ccc(O)c(OC)c2)CCCC1)Cc1cc(NC(N)=NC)c(O)c(OC)c1. The van der Waals surface area contributed by atoms with Gasteiger partial charge in [-0.1, -0.05) is 51.2 Å². The Morgan fingerprint density at radius 3 is 2.45 bits per heavy atom. The molecule has 1 unspecified atom stereocenters. The molecule has 2 aromatic rings. The number of benzene rings is 2. The Morgan fingerprint density at radius 1 is 1.10 bits per heavy atom. The van der Waals surface area contributed by atoms with Gasteiger partial charge in [-0.2, -0.15) is 0 Å². The fourth-order valence-corrected chi connectivity index (χ4v) is 5.64. The van der Waals surface area contributed by atoms with Crippen molar-refractivity contribution in [1.29, 1.82) is 0 Å². The molecule has 1 fully saturated rings. The van der Waals surface area contributed by atoms with Crippen molar-refractivity contribution in [2.45, 2.75) is 71.1 Å². The summed E-state index contributed by atoms with van der Waals surface area (Å²) in [6.45, 7) is 2.18. The summed E-state index contributed by atoms with van der Waals surface area (Å²) < 4.78 is 10.7. The molecule has 0 saturated heterocycles. The third kappa shape index (κ3) is 7.93. The zero-order chi connectivity index (χ0) is 29.1. The van der Waals surface area contributed by atoms with E-state index in [1.807, 2.05) is 24.3 Å². The first kappa shape index (κ1) is 30.9. The molecule has 0 aliphatic heterocycles. The molecule has 5 N–H and O–H groups in total. The van der Waals surface area contributed by atoms with Gasteiger partial charge in [0, 0.05) is 12.5 Å². The summed E-state index contributed by atoms with van der Waals surface area (Å²) in [6.07, 6.45) is 13.2. The van der Waals surface area contributed by atoms with Crippen LogP contribution in [0.25, 0.3) is 0 Å². The van der Waals surface area contributed by atoms with Gasteiger partial charge < -0.3 is 30.7 Å². The number of ketones is 1. The number of unbranched alkanes of at least 4 members (excludes halogenated alkanes) is 2. The van der Waals surface area contributed by atoms with Gasteiger partial charge in [0.05, 0.1) is 19.9 Å². The molecular formula is C32H45N3O5. The van der Waals surface area contributed by atoms with Crippen LogP contribution in [0, 0.1) is 11.3 Å². The molecule has 0 heterocycles. The first-order chi connectivity index (χ1) is 19.2. The van der Waals surface area contributed by atoms with Crippen LogP contribution in [0.4, 0.5) is 5.69 Å². The van der Waals surface area contributed by atoms with E-state index in [1.165, 1.54) is 14.2 Å². The molecule has 0 spiro atoms. The molecule has 2 aromatic carbocycles. The molecule has 218 valence electrons. The van der Waals surface area contributed by atoms with Gasteiger partial charge in [0.1, 0.15) is 0 Å². The van der Waals surface area contributed by atoms with Crippen LogP contribution in [0.1, 0.15) is 69.4 Å². The molecule has 0 radical (unpaired) electrons. The molecule has 40 heavy (non-hydrogen) atoms. The standard InChI is InChI=1S/C32H45N3O5/c1-5-6-7-10-22(17-24-18-25(35-31(33)34-2)30(38)28(20-24)40-4)12-14-29(37)32(15-8-9-16-32)21-23-11-13-26(36)27(19-23)39-3/h11-14,18-20,22,36,38H,5-10,15-17,21H2,1-4H3,(H3,33,34,35). The van der Waals surface area contributed by atoms with Gasteiger partial charge in [-0.25, -0.2) is 0 Å². The Morgan fingerprint density at radius 2 is 1.80 bits per heavy atom. The molecule has 1 aliphatic rings. The summed E-state index contributed by atoms with van der Waals surface area (Å²) in [4.78, 5) is 17.7. The highest BCUT2D eigenvalue weighted by Gasteiger charge is 2.39. The minimum atomic E-state index is -0.442. The molecule has 0 amide bonds. The number of nitrogens with zero attached hydrogens (tertiary/aromatic N) is 1. The number of nitrogens with two attached hydrogens (primary N) is 1. The number of phenols is 2. The number of ether oxygens (including phenoxy) is 2. The van der Waals surface area contributed by atoms with Crippen LogP contribution in [0.5, 0.6) is 23.0 Å². The van der Waals surface area contributed by atoms with E-state index >= 15 is 0 Å². The van der Waals surface area contributed by atoms with Crippen LogP contribution in [-0.2, 0) is 17.6 Å². The average molecular weight is 552 g/mol. The number of allylic oxidation sites excluding steroid dienone is 2. The lowest BCUT2D eigenvalue weighted by Crippen LogP contribution is -2.29. The van der Waals surface area contributed by atoms with Crippen LogP contribution in [0.3, 0.4) is 0 Å². The van der Waals surface area contributed by atoms with Crippen molar-refractivity contribution in [3.8, 4) is 23.0 Å². The van der Waals surface area contributed by atoms with Crippen LogP contribution in [0.2, 0.25) is 0 Å². The number of aromatic hydroxyl groups is 2. The van der Waals surface area contributed by atoms with Crippen molar-refractivity contribution in [2.24, 2.45) is 22.1 Å². The summed E-state index contributed by atoms with van der Waals surface area (Å²) >= 11 is 0. The van der Waals surface area contributed by atoms with E-state index in [9.17, 15) is 15.0 Å². The summed E-state index contributed by atoms with van der Waals surface area (Å²) in [7, 11) is 4.62. The lowest BCUT2D eigenvalue weighted by Gasteiger charge is -2.27. The third-order valence-electron chi connectivity index (χ3n) is 7.92. The number of hydrogen-bond donors (Lipinski definition) is 4. The maximum atomic E-state index is 13.8. The summed E-state index contributed by atoms with van der Waals surface area (Å²) in [5, 5.41) is 23.5.